The SMILES string of the molecule is CCN(Cc1ccc(OC)c(COC)c1)[C@@H]1CS(=O)(=O)C[C@H]1O. The molecule has 0 radical (unpaired) electrons. The number of aliphatic hydroxyl groups excluding tert-OH is 1. The Hall–Kier alpha value is -1.15. The maximum Gasteiger partial charge on any atom is 0.154 e. The first-order chi connectivity index (χ1) is 10.9. The minimum absolute atomic E-state index is 0.0170. The predicted octanol–water partition coefficient (Wildman–Crippen LogP) is 0.821. The summed E-state index contributed by atoms with van der Waals surface area (Å²) in [5, 5.41) is 10.1. The quantitative estimate of drug-likeness (QED) is 0.790. The summed E-state index contributed by atoms with van der Waals surface area (Å²) >= 11 is 0. The Morgan fingerprint density at radius 3 is 2.57 bits per heavy atom. The Kier molecular flexibility index (Phi) is 6.02. The van der Waals surface area contributed by atoms with Crippen molar-refractivity contribution in [3.05, 3.63) is 29.3 Å². The van der Waals surface area contributed by atoms with Gasteiger partial charge in [0.05, 0.1) is 37.4 Å². The van der Waals surface area contributed by atoms with Crippen molar-refractivity contribution in [3.63, 3.8) is 0 Å². The van der Waals surface area contributed by atoms with E-state index in [0.717, 1.165) is 16.9 Å². The van der Waals surface area contributed by atoms with Crippen molar-refractivity contribution in [2.75, 3.05) is 32.3 Å². The van der Waals surface area contributed by atoms with Crippen LogP contribution in [0.15, 0.2) is 18.2 Å². The molecule has 130 valence electrons. The zero-order valence-electron chi connectivity index (χ0n) is 13.9. The first-order valence-electron chi connectivity index (χ1n) is 7.67. The van der Waals surface area contributed by atoms with Gasteiger partial charge in [-0.2, -0.15) is 0 Å². The van der Waals surface area contributed by atoms with E-state index in [-0.39, 0.29) is 17.5 Å². The molecule has 1 fully saturated rings. The van der Waals surface area contributed by atoms with Crippen molar-refractivity contribution in [1.82, 2.24) is 4.90 Å². The maximum atomic E-state index is 11.7. The van der Waals surface area contributed by atoms with Crippen LogP contribution in [0.5, 0.6) is 5.75 Å². The molecular formula is C16H25NO5S. The fourth-order valence-electron chi connectivity index (χ4n) is 3.06. The molecule has 1 aromatic carbocycles. The van der Waals surface area contributed by atoms with Crippen LogP contribution < -0.4 is 4.74 Å². The smallest absolute Gasteiger partial charge is 0.154 e. The number of hydrogen-bond donors (Lipinski definition) is 1. The Balaban J connectivity index is 2.17. The molecule has 0 spiro atoms. The summed E-state index contributed by atoms with van der Waals surface area (Å²) < 4.78 is 34.0. The topological polar surface area (TPSA) is 76.1 Å². The second-order valence-electron chi connectivity index (χ2n) is 5.85. The average Bonchev–Trinajstić information content (AvgIpc) is 2.78. The van der Waals surface area contributed by atoms with Crippen molar-refractivity contribution in [1.29, 1.82) is 0 Å². The van der Waals surface area contributed by atoms with Crippen LogP contribution in [0, 0.1) is 0 Å². The summed E-state index contributed by atoms with van der Waals surface area (Å²) in [6.07, 6.45) is -0.823. The van der Waals surface area contributed by atoms with E-state index in [4.69, 9.17) is 9.47 Å². The third-order valence-corrected chi connectivity index (χ3v) is 5.90. The molecule has 0 aromatic heterocycles. The van der Waals surface area contributed by atoms with Crippen LogP contribution in [0.4, 0.5) is 0 Å². The maximum absolute atomic E-state index is 11.7. The van der Waals surface area contributed by atoms with Gasteiger partial charge in [0.25, 0.3) is 0 Å². The van der Waals surface area contributed by atoms with Crippen LogP contribution in [-0.4, -0.2) is 62.8 Å². The molecule has 23 heavy (non-hydrogen) atoms. The average molecular weight is 343 g/mol. The van der Waals surface area contributed by atoms with Gasteiger partial charge in [-0.1, -0.05) is 13.0 Å². The lowest BCUT2D eigenvalue weighted by atomic mass is 10.1. The monoisotopic (exact) mass is 343 g/mol. The number of sulfone groups is 1. The van der Waals surface area contributed by atoms with Crippen LogP contribution in [0.3, 0.4) is 0 Å². The van der Waals surface area contributed by atoms with E-state index in [9.17, 15) is 13.5 Å². The molecule has 0 amide bonds. The Bertz CT molecular complexity index is 631. The standard InChI is InChI=1S/C16H25NO5S/c1-4-17(14-10-23(19,20)11-15(14)18)8-12-5-6-16(22-3)13(7-12)9-21-2/h5-7,14-15,18H,4,8-11H2,1-3H3/t14-,15-/m1/s1. The largest absolute Gasteiger partial charge is 0.496 e. The molecule has 2 atom stereocenters. The second-order valence-corrected chi connectivity index (χ2v) is 8.01. The first-order valence-corrected chi connectivity index (χ1v) is 9.49. The lowest BCUT2D eigenvalue weighted by molar-refractivity contribution is 0.0818. The van der Waals surface area contributed by atoms with Gasteiger partial charge >= 0.3 is 0 Å². The third kappa shape index (κ3) is 4.44. The highest BCUT2D eigenvalue weighted by molar-refractivity contribution is 7.91. The summed E-state index contributed by atoms with van der Waals surface area (Å²) in [7, 11) is 0.0953. The molecule has 7 heteroatoms. The number of rotatable bonds is 7. The van der Waals surface area contributed by atoms with E-state index in [0.29, 0.717) is 19.7 Å². The van der Waals surface area contributed by atoms with Gasteiger partial charge in [0, 0.05) is 19.2 Å². The lowest BCUT2D eigenvalue weighted by Gasteiger charge is -2.29. The molecule has 2 rings (SSSR count). The fraction of sp³-hybridized carbons (Fsp3) is 0.625. The van der Waals surface area contributed by atoms with Crippen molar-refractivity contribution in [2.24, 2.45) is 0 Å². The van der Waals surface area contributed by atoms with Crippen LogP contribution in [-0.2, 0) is 27.7 Å². The Labute approximate surface area is 137 Å². The Morgan fingerprint density at radius 2 is 2.04 bits per heavy atom. The normalized spacial score (nSPS) is 23.3. The molecule has 1 N–H and O–H groups in total. The highest BCUT2D eigenvalue weighted by Gasteiger charge is 2.39. The summed E-state index contributed by atoms with van der Waals surface area (Å²) in [4.78, 5) is 2.01. The highest BCUT2D eigenvalue weighted by atomic mass is 32.2. The van der Waals surface area contributed by atoms with Crippen LogP contribution in [0.2, 0.25) is 0 Å². The van der Waals surface area contributed by atoms with Gasteiger partial charge in [-0.3, -0.25) is 4.90 Å². The van der Waals surface area contributed by atoms with Gasteiger partial charge in [0.2, 0.25) is 0 Å². The second kappa shape index (κ2) is 7.61. The molecule has 1 aromatic rings. The van der Waals surface area contributed by atoms with Gasteiger partial charge in [-0.25, -0.2) is 8.42 Å². The number of hydrogen-bond acceptors (Lipinski definition) is 6. The summed E-state index contributed by atoms with van der Waals surface area (Å²) in [6.45, 7) is 3.66. The number of benzene rings is 1. The van der Waals surface area contributed by atoms with Gasteiger partial charge in [0.1, 0.15) is 5.75 Å². The summed E-state index contributed by atoms with van der Waals surface area (Å²) in [5.74, 6) is 0.636. The highest BCUT2D eigenvalue weighted by Crippen LogP contribution is 2.24. The van der Waals surface area contributed by atoms with Crippen LogP contribution in [0.25, 0.3) is 0 Å². The van der Waals surface area contributed by atoms with E-state index in [1.165, 1.54) is 0 Å². The minimum atomic E-state index is -3.15. The van der Waals surface area contributed by atoms with Crippen molar-refractivity contribution < 1.29 is 23.0 Å². The zero-order valence-corrected chi connectivity index (χ0v) is 14.7. The first kappa shape index (κ1) is 18.2. The van der Waals surface area contributed by atoms with Crippen molar-refractivity contribution in [2.45, 2.75) is 32.2 Å². The molecule has 6 nitrogen and oxygen atoms in total. The van der Waals surface area contributed by atoms with Gasteiger partial charge in [-0.15, -0.1) is 0 Å². The molecular weight excluding hydrogens is 318 g/mol. The fourth-order valence-corrected chi connectivity index (χ4v) is 4.89. The van der Waals surface area contributed by atoms with Gasteiger partial charge in [0.15, 0.2) is 9.84 Å². The van der Waals surface area contributed by atoms with Gasteiger partial charge in [-0.05, 0) is 24.2 Å². The van der Waals surface area contributed by atoms with E-state index in [1.54, 1.807) is 14.2 Å². The molecule has 1 heterocycles. The number of nitrogens with zero attached hydrogens (tertiary/aromatic N) is 1. The molecule has 0 saturated carbocycles. The van der Waals surface area contributed by atoms with Crippen molar-refractivity contribution >= 4 is 9.84 Å². The third-order valence-electron chi connectivity index (χ3n) is 4.20. The molecule has 1 aliphatic rings. The van der Waals surface area contributed by atoms with E-state index in [2.05, 4.69) is 0 Å². The number of methoxy groups -OCH3 is 2. The van der Waals surface area contributed by atoms with E-state index < -0.39 is 15.9 Å². The molecule has 0 aliphatic carbocycles. The van der Waals surface area contributed by atoms with E-state index >= 15 is 0 Å². The molecule has 1 aliphatic heterocycles. The van der Waals surface area contributed by atoms with E-state index in [1.807, 2.05) is 30.0 Å². The van der Waals surface area contributed by atoms with Crippen LogP contribution >= 0.6 is 0 Å². The van der Waals surface area contributed by atoms with Gasteiger partial charge < -0.3 is 14.6 Å². The predicted molar refractivity (Wildman–Crippen MR) is 88.2 cm³/mol. The summed E-state index contributed by atoms with van der Waals surface area (Å²) in [5.41, 5.74) is 1.99. The Morgan fingerprint density at radius 1 is 1.30 bits per heavy atom. The molecule has 0 bridgehead atoms. The molecule has 1 saturated heterocycles. The summed E-state index contributed by atoms with van der Waals surface area (Å²) in [6, 6.07) is 5.49. The number of likely N-dealkylation sites (N-methyl/N-ethyl adjacent to an activating group) is 1. The van der Waals surface area contributed by atoms with Crippen LogP contribution in [0.1, 0.15) is 18.1 Å². The zero-order chi connectivity index (χ0) is 17.0. The molecule has 0 unspecified atom stereocenters. The lowest BCUT2D eigenvalue weighted by Crippen LogP contribution is -2.42. The number of ether oxygens (including phenoxy) is 2. The van der Waals surface area contributed by atoms with Crippen molar-refractivity contribution in [3.8, 4) is 5.75 Å². The number of aliphatic hydroxyl groups is 1. The minimum Gasteiger partial charge on any atom is -0.496 e.